The predicted molar refractivity (Wildman–Crippen MR) is 72.9 cm³/mol. The first-order valence-corrected chi connectivity index (χ1v) is 5.88. The van der Waals surface area contributed by atoms with E-state index in [4.69, 9.17) is 21.6 Å². The van der Waals surface area contributed by atoms with Crippen LogP contribution in [0, 0.1) is 18.3 Å². The van der Waals surface area contributed by atoms with E-state index in [9.17, 15) is 0 Å². The van der Waals surface area contributed by atoms with Gasteiger partial charge < -0.3 is 4.74 Å². The number of hydrogen-bond acceptors (Lipinski definition) is 2. The van der Waals surface area contributed by atoms with Gasteiger partial charge in [0.05, 0.1) is 12.7 Å². The van der Waals surface area contributed by atoms with E-state index in [0.717, 1.165) is 16.7 Å². The summed E-state index contributed by atoms with van der Waals surface area (Å²) in [5.41, 5.74) is 3.51. The summed E-state index contributed by atoms with van der Waals surface area (Å²) in [4.78, 5) is 0. The van der Waals surface area contributed by atoms with Gasteiger partial charge in [-0.15, -0.1) is 0 Å². The fraction of sp³-hybridized carbons (Fsp3) is 0.133. The Morgan fingerprint density at radius 1 is 1.11 bits per heavy atom. The van der Waals surface area contributed by atoms with Gasteiger partial charge in [-0.05, 0) is 47.9 Å². The lowest BCUT2D eigenvalue weighted by Crippen LogP contribution is -1.93. The summed E-state index contributed by atoms with van der Waals surface area (Å²) in [5.74, 6) is 0.634. The number of nitrogens with zero attached hydrogens (tertiary/aromatic N) is 1. The van der Waals surface area contributed by atoms with Gasteiger partial charge in [0.15, 0.2) is 0 Å². The molecule has 0 atom stereocenters. The minimum Gasteiger partial charge on any atom is -0.495 e. The van der Waals surface area contributed by atoms with Gasteiger partial charge in [-0.1, -0.05) is 23.7 Å². The van der Waals surface area contributed by atoms with Gasteiger partial charge in [0.2, 0.25) is 0 Å². The van der Waals surface area contributed by atoms with Crippen molar-refractivity contribution in [2.75, 3.05) is 7.11 Å². The largest absolute Gasteiger partial charge is 0.495 e. The van der Waals surface area contributed by atoms with E-state index in [-0.39, 0.29) is 0 Å². The Bertz CT molecular complexity index is 612. The molecule has 2 aromatic carbocycles. The molecule has 2 nitrogen and oxygen atoms in total. The summed E-state index contributed by atoms with van der Waals surface area (Å²) in [7, 11) is 1.57. The molecule has 0 amide bonds. The van der Waals surface area contributed by atoms with E-state index in [1.807, 2.05) is 43.3 Å². The van der Waals surface area contributed by atoms with Crippen LogP contribution in [0.1, 0.15) is 11.1 Å². The molecule has 2 rings (SSSR count). The number of benzene rings is 2. The first-order chi connectivity index (χ1) is 8.65. The average Bonchev–Trinajstić information content (AvgIpc) is 2.38. The Morgan fingerprint density at radius 3 is 2.33 bits per heavy atom. The molecular formula is C15H12ClNO. The summed E-state index contributed by atoms with van der Waals surface area (Å²) in [5, 5.41) is 9.84. The molecule has 0 radical (unpaired) electrons. The van der Waals surface area contributed by atoms with E-state index in [2.05, 4.69) is 6.07 Å². The molecule has 18 heavy (non-hydrogen) atoms. The highest BCUT2D eigenvalue weighted by Gasteiger charge is 2.09. The first kappa shape index (κ1) is 12.5. The first-order valence-electron chi connectivity index (χ1n) is 5.50. The topological polar surface area (TPSA) is 33.0 Å². The predicted octanol–water partition coefficient (Wildman–Crippen LogP) is 4.20. The standard InChI is InChI=1S/C15H12ClNO/c1-10-7-12(8-13(9-17)15(10)18-2)11-3-5-14(16)6-4-11/h3-8H,1-2H3. The summed E-state index contributed by atoms with van der Waals surface area (Å²) in [6, 6.07) is 13.5. The lowest BCUT2D eigenvalue weighted by Gasteiger charge is -2.10. The smallest absolute Gasteiger partial charge is 0.139 e. The number of hydrogen-bond donors (Lipinski definition) is 0. The van der Waals surface area contributed by atoms with Crippen LogP contribution in [-0.4, -0.2) is 7.11 Å². The van der Waals surface area contributed by atoms with Crippen LogP contribution in [0.5, 0.6) is 5.75 Å². The third-order valence-corrected chi connectivity index (χ3v) is 3.03. The molecule has 0 bridgehead atoms. The monoisotopic (exact) mass is 257 g/mol. The fourth-order valence-electron chi connectivity index (χ4n) is 1.94. The molecular weight excluding hydrogens is 246 g/mol. The van der Waals surface area contributed by atoms with Gasteiger partial charge >= 0.3 is 0 Å². The third kappa shape index (κ3) is 2.32. The minimum absolute atomic E-state index is 0.544. The van der Waals surface area contributed by atoms with Gasteiger partial charge in [-0.25, -0.2) is 0 Å². The average molecular weight is 258 g/mol. The van der Waals surface area contributed by atoms with Gasteiger partial charge in [-0.3, -0.25) is 0 Å². The fourth-order valence-corrected chi connectivity index (χ4v) is 2.06. The Kier molecular flexibility index (Phi) is 3.55. The molecule has 0 fully saturated rings. The number of methoxy groups -OCH3 is 1. The maximum absolute atomic E-state index is 9.14. The summed E-state index contributed by atoms with van der Waals surface area (Å²) in [6.07, 6.45) is 0. The number of ether oxygens (including phenoxy) is 1. The van der Waals surface area contributed by atoms with Crippen molar-refractivity contribution in [2.45, 2.75) is 6.92 Å². The van der Waals surface area contributed by atoms with Gasteiger partial charge in [-0.2, -0.15) is 5.26 Å². The molecule has 0 saturated carbocycles. The van der Waals surface area contributed by atoms with Gasteiger partial charge in [0.1, 0.15) is 11.8 Å². The van der Waals surface area contributed by atoms with Crippen molar-refractivity contribution in [3.05, 3.63) is 52.5 Å². The molecule has 0 aromatic heterocycles. The van der Waals surface area contributed by atoms with Crippen LogP contribution in [0.25, 0.3) is 11.1 Å². The molecule has 0 saturated heterocycles. The minimum atomic E-state index is 0.544. The molecule has 0 aliphatic rings. The number of aryl methyl sites for hydroxylation is 1. The second-order valence-electron chi connectivity index (χ2n) is 3.99. The van der Waals surface area contributed by atoms with Gasteiger partial charge in [0.25, 0.3) is 0 Å². The lowest BCUT2D eigenvalue weighted by atomic mass is 9.99. The highest BCUT2D eigenvalue weighted by atomic mass is 35.5. The maximum Gasteiger partial charge on any atom is 0.139 e. The van der Waals surface area contributed by atoms with Crippen molar-refractivity contribution in [2.24, 2.45) is 0 Å². The van der Waals surface area contributed by atoms with E-state index in [0.29, 0.717) is 16.3 Å². The van der Waals surface area contributed by atoms with E-state index in [1.54, 1.807) is 7.11 Å². The van der Waals surface area contributed by atoms with E-state index < -0.39 is 0 Å². The zero-order valence-corrected chi connectivity index (χ0v) is 11.0. The quantitative estimate of drug-likeness (QED) is 0.808. The van der Waals surface area contributed by atoms with E-state index in [1.165, 1.54) is 0 Å². The number of rotatable bonds is 2. The second-order valence-corrected chi connectivity index (χ2v) is 4.43. The van der Waals surface area contributed by atoms with Crippen molar-refractivity contribution in [1.82, 2.24) is 0 Å². The van der Waals surface area contributed by atoms with Crippen molar-refractivity contribution >= 4 is 11.6 Å². The summed E-state index contributed by atoms with van der Waals surface area (Å²) in [6.45, 7) is 1.93. The maximum atomic E-state index is 9.14. The van der Waals surface area contributed by atoms with Crippen molar-refractivity contribution in [3.8, 4) is 22.9 Å². The lowest BCUT2D eigenvalue weighted by molar-refractivity contribution is 0.410. The molecule has 0 N–H and O–H groups in total. The Morgan fingerprint density at radius 2 is 1.78 bits per heavy atom. The second kappa shape index (κ2) is 5.12. The van der Waals surface area contributed by atoms with Gasteiger partial charge in [0, 0.05) is 5.02 Å². The van der Waals surface area contributed by atoms with Crippen LogP contribution in [0.3, 0.4) is 0 Å². The van der Waals surface area contributed by atoms with Crippen LogP contribution >= 0.6 is 11.6 Å². The zero-order valence-electron chi connectivity index (χ0n) is 10.2. The molecule has 90 valence electrons. The van der Waals surface area contributed by atoms with Crippen LogP contribution in [0.15, 0.2) is 36.4 Å². The molecule has 3 heteroatoms. The van der Waals surface area contributed by atoms with Crippen molar-refractivity contribution in [1.29, 1.82) is 5.26 Å². The molecule has 0 unspecified atom stereocenters. The van der Waals surface area contributed by atoms with Crippen LogP contribution in [-0.2, 0) is 0 Å². The molecule has 2 aromatic rings. The highest BCUT2D eigenvalue weighted by Crippen LogP contribution is 2.30. The normalized spacial score (nSPS) is 9.89. The van der Waals surface area contributed by atoms with Crippen LogP contribution in [0.2, 0.25) is 5.02 Å². The number of halogens is 1. The number of nitriles is 1. The molecule has 0 aliphatic carbocycles. The Hall–Kier alpha value is -1.98. The molecule has 0 heterocycles. The SMILES string of the molecule is COc1c(C)cc(-c2ccc(Cl)cc2)cc1C#N. The Labute approximate surface area is 111 Å². The Balaban J connectivity index is 2.57. The molecule has 0 aliphatic heterocycles. The zero-order chi connectivity index (χ0) is 13.1. The highest BCUT2D eigenvalue weighted by molar-refractivity contribution is 6.30. The van der Waals surface area contributed by atoms with E-state index >= 15 is 0 Å². The molecule has 0 spiro atoms. The van der Waals surface area contributed by atoms with Crippen LogP contribution in [0.4, 0.5) is 0 Å². The van der Waals surface area contributed by atoms with Crippen LogP contribution < -0.4 is 4.74 Å². The van der Waals surface area contributed by atoms with Crippen molar-refractivity contribution < 1.29 is 4.74 Å². The third-order valence-electron chi connectivity index (χ3n) is 2.78. The summed E-state index contributed by atoms with van der Waals surface area (Å²) >= 11 is 5.86. The van der Waals surface area contributed by atoms with Crippen molar-refractivity contribution in [3.63, 3.8) is 0 Å². The summed E-state index contributed by atoms with van der Waals surface area (Å²) < 4.78 is 5.23.